The van der Waals surface area contributed by atoms with Crippen molar-refractivity contribution in [3.63, 3.8) is 0 Å². The smallest absolute Gasteiger partial charge is 0.150 e. The first-order chi connectivity index (χ1) is 8.89. The van der Waals surface area contributed by atoms with Crippen LogP contribution in [0.4, 0.5) is 0 Å². The normalized spacial score (nSPS) is 27.6. The zero-order chi connectivity index (χ0) is 13.7. The second-order valence-electron chi connectivity index (χ2n) is 5.43. The summed E-state index contributed by atoms with van der Waals surface area (Å²) in [6, 6.07) is 5.27. The highest BCUT2D eigenvalue weighted by molar-refractivity contribution is 7.91. The molecule has 104 valence electrons. The van der Waals surface area contributed by atoms with Crippen molar-refractivity contribution in [3.05, 3.63) is 28.8 Å². The predicted molar refractivity (Wildman–Crippen MR) is 74.2 cm³/mol. The maximum absolute atomic E-state index is 11.5. The molecule has 2 aliphatic rings. The average Bonchev–Trinajstić information content (AvgIpc) is 2.35. The highest BCUT2D eigenvalue weighted by Gasteiger charge is 2.44. The fourth-order valence-electron chi connectivity index (χ4n) is 2.90. The average molecular weight is 302 g/mol. The molecule has 1 aromatic rings. The number of hydrogen-bond acceptors (Lipinski definition) is 4. The predicted octanol–water partition coefficient (Wildman–Crippen LogP) is 2.07. The van der Waals surface area contributed by atoms with Gasteiger partial charge in [0.2, 0.25) is 0 Å². The van der Waals surface area contributed by atoms with Crippen molar-refractivity contribution in [2.24, 2.45) is 5.73 Å². The molecule has 0 amide bonds. The molecule has 0 aromatic heterocycles. The Hall–Kier alpha value is -0.780. The van der Waals surface area contributed by atoms with Gasteiger partial charge in [-0.1, -0.05) is 11.6 Å². The summed E-state index contributed by atoms with van der Waals surface area (Å²) in [5.74, 6) is 1.10. The summed E-state index contributed by atoms with van der Waals surface area (Å²) in [7, 11) is -2.90. The minimum absolute atomic E-state index is 0.150. The van der Waals surface area contributed by atoms with E-state index >= 15 is 0 Å². The molecule has 0 aliphatic carbocycles. The molecule has 1 fully saturated rings. The summed E-state index contributed by atoms with van der Waals surface area (Å²) in [5.41, 5.74) is 6.68. The summed E-state index contributed by atoms with van der Waals surface area (Å²) in [6.45, 7) is 0. The lowest BCUT2D eigenvalue weighted by Gasteiger charge is -2.43. The Bertz CT molecular complexity index is 600. The molecule has 1 atom stereocenters. The van der Waals surface area contributed by atoms with E-state index in [1.165, 1.54) is 0 Å². The molecule has 2 N–H and O–H groups in total. The molecule has 6 heteroatoms. The van der Waals surface area contributed by atoms with Crippen LogP contribution >= 0.6 is 11.6 Å². The van der Waals surface area contributed by atoms with E-state index in [0.717, 1.165) is 11.3 Å². The van der Waals surface area contributed by atoms with E-state index in [1.807, 2.05) is 12.1 Å². The molecular formula is C13H16ClNO3S. The van der Waals surface area contributed by atoms with Crippen LogP contribution in [0.15, 0.2) is 18.2 Å². The van der Waals surface area contributed by atoms with Crippen LogP contribution in [0.25, 0.3) is 0 Å². The lowest BCUT2D eigenvalue weighted by Crippen LogP contribution is -2.48. The molecular weight excluding hydrogens is 286 g/mol. The van der Waals surface area contributed by atoms with Crippen molar-refractivity contribution in [2.45, 2.75) is 30.9 Å². The fourth-order valence-corrected chi connectivity index (χ4v) is 4.65. The third-order valence-corrected chi connectivity index (χ3v) is 5.91. The van der Waals surface area contributed by atoms with E-state index in [9.17, 15) is 8.42 Å². The van der Waals surface area contributed by atoms with Gasteiger partial charge in [-0.2, -0.15) is 0 Å². The van der Waals surface area contributed by atoms with E-state index < -0.39 is 15.4 Å². The molecule has 19 heavy (non-hydrogen) atoms. The highest BCUT2D eigenvalue weighted by Crippen LogP contribution is 2.44. The van der Waals surface area contributed by atoms with Crippen LogP contribution in [0.2, 0.25) is 5.02 Å². The SMILES string of the molecule is N[C@@H]1CC2(CCS(=O)(=O)CC2)Oc2ccc(Cl)cc21. The third-order valence-electron chi connectivity index (χ3n) is 4.03. The lowest BCUT2D eigenvalue weighted by molar-refractivity contribution is 0.0264. The van der Waals surface area contributed by atoms with Crippen LogP contribution in [-0.2, 0) is 9.84 Å². The number of ether oxygens (including phenoxy) is 1. The molecule has 0 unspecified atom stereocenters. The lowest BCUT2D eigenvalue weighted by atomic mass is 9.83. The Balaban J connectivity index is 1.91. The van der Waals surface area contributed by atoms with Gasteiger partial charge in [0.05, 0.1) is 11.5 Å². The van der Waals surface area contributed by atoms with Gasteiger partial charge < -0.3 is 10.5 Å². The molecule has 3 rings (SSSR count). The van der Waals surface area contributed by atoms with Crippen LogP contribution < -0.4 is 10.5 Å². The molecule has 0 radical (unpaired) electrons. The third kappa shape index (κ3) is 2.47. The van der Waals surface area contributed by atoms with Crippen molar-refractivity contribution in [3.8, 4) is 5.75 Å². The standard InChI is InChI=1S/C13H16ClNO3S/c14-9-1-2-12-10(7-9)11(15)8-13(18-12)3-5-19(16,17)6-4-13/h1-2,7,11H,3-6,8,15H2/t11-/m1/s1. The van der Waals surface area contributed by atoms with Crippen LogP contribution in [0.1, 0.15) is 30.9 Å². The molecule has 0 bridgehead atoms. The number of sulfone groups is 1. The van der Waals surface area contributed by atoms with E-state index in [-0.39, 0.29) is 17.5 Å². The quantitative estimate of drug-likeness (QED) is 0.796. The van der Waals surface area contributed by atoms with Gasteiger partial charge in [0.1, 0.15) is 11.4 Å². The summed E-state index contributed by atoms with van der Waals surface area (Å²) >= 11 is 5.97. The van der Waals surface area contributed by atoms with E-state index in [0.29, 0.717) is 24.3 Å². The van der Waals surface area contributed by atoms with Gasteiger partial charge in [-0.15, -0.1) is 0 Å². The molecule has 2 heterocycles. The van der Waals surface area contributed by atoms with Crippen LogP contribution in [0.3, 0.4) is 0 Å². The second kappa shape index (κ2) is 4.36. The first-order valence-corrected chi connectivity index (χ1v) is 8.54. The molecule has 0 saturated carbocycles. The zero-order valence-corrected chi connectivity index (χ0v) is 12.0. The largest absolute Gasteiger partial charge is 0.487 e. The Labute approximate surface area is 117 Å². The summed E-state index contributed by atoms with van der Waals surface area (Å²) < 4.78 is 29.2. The topological polar surface area (TPSA) is 69.4 Å². The van der Waals surface area contributed by atoms with Gasteiger partial charge in [-0.05, 0) is 18.2 Å². The Morgan fingerprint density at radius 1 is 1.32 bits per heavy atom. The Morgan fingerprint density at radius 3 is 2.68 bits per heavy atom. The highest BCUT2D eigenvalue weighted by atomic mass is 35.5. The van der Waals surface area contributed by atoms with Gasteiger partial charge in [0, 0.05) is 35.9 Å². The first kappa shape index (κ1) is 13.2. The number of nitrogens with two attached hydrogens (primary N) is 1. The Kier molecular flexibility index (Phi) is 3.04. The van der Waals surface area contributed by atoms with Crippen LogP contribution in [-0.4, -0.2) is 25.5 Å². The van der Waals surface area contributed by atoms with Gasteiger partial charge in [0.25, 0.3) is 0 Å². The van der Waals surface area contributed by atoms with E-state index in [1.54, 1.807) is 6.07 Å². The second-order valence-corrected chi connectivity index (χ2v) is 8.17. The zero-order valence-electron chi connectivity index (χ0n) is 10.4. The summed E-state index contributed by atoms with van der Waals surface area (Å²) in [4.78, 5) is 0. The van der Waals surface area contributed by atoms with Crippen molar-refractivity contribution in [1.82, 2.24) is 0 Å². The van der Waals surface area contributed by atoms with E-state index in [4.69, 9.17) is 22.1 Å². The molecule has 1 spiro atoms. The Morgan fingerprint density at radius 2 is 2.00 bits per heavy atom. The molecule has 4 nitrogen and oxygen atoms in total. The number of hydrogen-bond donors (Lipinski definition) is 1. The van der Waals surface area contributed by atoms with Crippen LogP contribution in [0.5, 0.6) is 5.75 Å². The van der Waals surface area contributed by atoms with Gasteiger partial charge in [-0.3, -0.25) is 0 Å². The van der Waals surface area contributed by atoms with Crippen molar-refractivity contribution in [1.29, 1.82) is 0 Å². The number of fused-ring (bicyclic) bond motifs is 1. The fraction of sp³-hybridized carbons (Fsp3) is 0.538. The van der Waals surface area contributed by atoms with Gasteiger partial charge in [0.15, 0.2) is 9.84 Å². The summed E-state index contributed by atoms with van der Waals surface area (Å²) in [5, 5.41) is 0.639. The van der Waals surface area contributed by atoms with Gasteiger partial charge >= 0.3 is 0 Å². The first-order valence-electron chi connectivity index (χ1n) is 6.34. The van der Waals surface area contributed by atoms with Gasteiger partial charge in [-0.25, -0.2) is 8.42 Å². The molecule has 1 saturated heterocycles. The van der Waals surface area contributed by atoms with E-state index in [2.05, 4.69) is 0 Å². The monoisotopic (exact) mass is 301 g/mol. The van der Waals surface area contributed by atoms with Crippen molar-refractivity contribution >= 4 is 21.4 Å². The van der Waals surface area contributed by atoms with Crippen LogP contribution in [0, 0.1) is 0 Å². The molecule has 1 aromatic carbocycles. The van der Waals surface area contributed by atoms with Crippen molar-refractivity contribution in [2.75, 3.05) is 11.5 Å². The minimum atomic E-state index is -2.90. The molecule has 2 aliphatic heterocycles. The summed E-state index contributed by atoms with van der Waals surface area (Å²) in [6.07, 6.45) is 1.69. The minimum Gasteiger partial charge on any atom is -0.487 e. The maximum Gasteiger partial charge on any atom is 0.150 e. The number of benzene rings is 1. The number of halogens is 1. The van der Waals surface area contributed by atoms with Crippen molar-refractivity contribution < 1.29 is 13.2 Å². The number of rotatable bonds is 0. The maximum atomic E-state index is 11.5.